The summed E-state index contributed by atoms with van der Waals surface area (Å²) < 4.78 is 0. The van der Waals surface area contributed by atoms with E-state index in [4.69, 9.17) is 0 Å². The smallest absolute Gasteiger partial charge is 0.123 e. The van der Waals surface area contributed by atoms with E-state index in [1.165, 1.54) is 12.8 Å². The van der Waals surface area contributed by atoms with Gasteiger partial charge in [-0.3, -0.25) is 0 Å². The van der Waals surface area contributed by atoms with E-state index < -0.39 is 0 Å². The maximum atomic E-state index is 10.9. The third-order valence-corrected chi connectivity index (χ3v) is 3.89. The minimum atomic E-state index is 0.266. The first-order valence-corrected chi connectivity index (χ1v) is 8.19. The molecule has 0 amide bonds. The first-order valence-electron chi connectivity index (χ1n) is 8.19. The van der Waals surface area contributed by atoms with Gasteiger partial charge in [0.15, 0.2) is 0 Å². The average molecular weight is 268 g/mol. The number of hydrogen-bond acceptors (Lipinski definition) is 2. The van der Waals surface area contributed by atoms with E-state index in [1.54, 1.807) is 0 Å². The third kappa shape index (κ3) is 10.9. The van der Waals surface area contributed by atoms with E-state index in [0.717, 1.165) is 70.4 Å². The summed E-state index contributed by atoms with van der Waals surface area (Å²) in [5.74, 6) is 0.531. The molecule has 0 N–H and O–H groups in total. The highest BCUT2D eigenvalue weighted by Gasteiger charge is 2.08. The molecule has 0 aliphatic heterocycles. The monoisotopic (exact) mass is 268 g/mol. The summed E-state index contributed by atoms with van der Waals surface area (Å²) in [5.41, 5.74) is 0. The molecule has 2 atom stereocenters. The quantitative estimate of drug-likeness (QED) is 0.330. The van der Waals surface area contributed by atoms with Crippen molar-refractivity contribution in [1.82, 2.24) is 0 Å². The molecule has 0 fully saturated rings. The Hall–Kier alpha value is -0.660. The summed E-state index contributed by atoms with van der Waals surface area (Å²) in [6, 6.07) is 0. The Kier molecular flexibility index (Phi) is 13.3. The van der Waals surface area contributed by atoms with Crippen molar-refractivity contribution in [1.29, 1.82) is 0 Å². The largest absolute Gasteiger partial charge is 0.303 e. The molecule has 19 heavy (non-hydrogen) atoms. The van der Waals surface area contributed by atoms with Crippen molar-refractivity contribution in [2.45, 2.75) is 84.5 Å². The van der Waals surface area contributed by atoms with Gasteiger partial charge in [-0.05, 0) is 25.7 Å². The van der Waals surface area contributed by atoms with Gasteiger partial charge in [-0.15, -0.1) is 0 Å². The maximum Gasteiger partial charge on any atom is 0.123 e. The van der Waals surface area contributed by atoms with E-state index in [2.05, 4.69) is 13.8 Å². The van der Waals surface area contributed by atoms with Gasteiger partial charge in [-0.2, -0.15) is 0 Å². The Bertz CT molecular complexity index is 191. The van der Waals surface area contributed by atoms with Gasteiger partial charge in [0.2, 0.25) is 0 Å². The normalized spacial score (nSPS) is 14.0. The van der Waals surface area contributed by atoms with Crippen LogP contribution in [-0.4, -0.2) is 12.6 Å². The minimum Gasteiger partial charge on any atom is -0.303 e. The number of aldehydes is 2. The zero-order valence-electron chi connectivity index (χ0n) is 12.9. The zero-order chi connectivity index (χ0) is 14.3. The molecule has 0 saturated heterocycles. The molecule has 0 aromatic rings. The third-order valence-electron chi connectivity index (χ3n) is 3.89. The second kappa shape index (κ2) is 13.8. The Morgan fingerprint density at radius 1 is 0.632 bits per heavy atom. The molecular formula is C17H32O2. The van der Waals surface area contributed by atoms with Crippen LogP contribution in [0.4, 0.5) is 0 Å². The molecule has 0 aromatic carbocycles. The first-order chi connectivity index (χ1) is 9.28. The van der Waals surface area contributed by atoms with Crippen LogP contribution < -0.4 is 0 Å². The molecule has 0 aliphatic rings. The van der Waals surface area contributed by atoms with Crippen LogP contribution in [0.1, 0.15) is 84.5 Å². The predicted molar refractivity (Wildman–Crippen MR) is 81.2 cm³/mol. The number of hydrogen-bond donors (Lipinski definition) is 0. The van der Waals surface area contributed by atoms with Gasteiger partial charge in [0.25, 0.3) is 0 Å². The topological polar surface area (TPSA) is 34.1 Å². The van der Waals surface area contributed by atoms with Gasteiger partial charge < -0.3 is 9.59 Å². The summed E-state index contributed by atoms with van der Waals surface area (Å²) in [5, 5.41) is 0. The van der Waals surface area contributed by atoms with E-state index in [1.807, 2.05) is 0 Å². The van der Waals surface area contributed by atoms with Crippen molar-refractivity contribution in [2.24, 2.45) is 11.8 Å². The molecule has 0 saturated carbocycles. The van der Waals surface area contributed by atoms with Crippen molar-refractivity contribution in [2.75, 3.05) is 0 Å². The minimum absolute atomic E-state index is 0.266. The highest BCUT2D eigenvalue weighted by molar-refractivity contribution is 5.53. The van der Waals surface area contributed by atoms with E-state index in [9.17, 15) is 9.59 Å². The Morgan fingerprint density at radius 2 is 1.00 bits per heavy atom. The lowest BCUT2D eigenvalue weighted by molar-refractivity contribution is -0.112. The van der Waals surface area contributed by atoms with Crippen LogP contribution in [0.5, 0.6) is 0 Å². The van der Waals surface area contributed by atoms with Crippen LogP contribution in [0.15, 0.2) is 0 Å². The van der Waals surface area contributed by atoms with E-state index in [-0.39, 0.29) is 11.8 Å². The van der Waals surface area contributed by atoms with Crippen molar-refractivity contribution < 1.29 is 9.59 Å². The number of carbonyl (C=O) groups is 2. The SMILES string of the molecule is CCCCC(C=O)CCCCCC(C=O)CCCC. The van der Waals surface area contributed by atoms with Crippen molar-refractivity contribution >= 4 is 12.6 Å². The van der Waals surface area contributed by atoms with Crippen molar-refractivity contribution in [3.8, 4) is 0 Å². The zero-order valence-corrected chi connectivity index (χ0v) is 12.9. The molecule has 2 unspecified atom stereocenters. The van der Waals surface area contributed by atoms with Gasteiger partial charge in [0, 0.05) is 11.8 Å². The van der Waals surface area contributed by atoms with Crippen LogP contribution >= 0.6 is 0 Å². The summed E-state index contributed by atoms with van der Waals surface area (Å²) in [7, 11) is 0. The van der Waals surface area contributed by atoms with Crippen LogP contribution in [0.2, 0.25) is 0 Å². The Morgan fingerprint density at radius 3 is 1.32 bits per heavy atom. The summed E-state index contributed by atoms with van der Waals surface area (Å²) >= 11 is 0. The van der Waals surface area contributed by atoms with Gasteiger partial charge in [-0.1, -0.05) is 58.8 Å². The molecule has 112 valence electrons. The fourth-order valence-corrected chi connectivity index (χ4v) is 2.48. The summed E-state index contributed by atoms with van der Waals surface area (Å²) in [4.78, 5) is 21.8. The van der Waals surface area contributed by atoms with Crippen LogP contribution in [-0.2, 0) is 9.59 Å². The van der Waals surface area contributed by atoms with E-state index >= 15 is 0 Å². The van der Waals surface area contributed by atoms with Gasteiger partial charge >= 0.3 is 0 Å². The van der Waals surface area contributed by atoms with Crippen LogP contribution in [0, 0.1) is 11.8 Å². The van der Waals surface area contributed by atoms with E-state index in [0.29, 0.717) is 0 Å². The number of carbonyl (C=O) groups excluding carboxylic acids is 2. The molecular weight excluding hydrogens is 236 g/mol. The Labute approximate surface area is 119 Å². The van der Waals surface area contributed by atoms with Gasteiger partial charge in [0.1, 0.15) is 12.6 Å². The van der Waals surface area contributed by atoms with Crippen molar-refractivity contribution in [3.05, 3.63) is 0 Å². The van der Waals surface area contributed by atoms with Crippen LogP contribution in [0.25, 0.3) is 0 Å². The molecule has 2 heteroatoms. The maximum absolute atomic E-state index is 10.9. The molecule has 0 rings (SSSR count). The molecule has 0 spiro atoms. The second-order valence-electron chi connectivity index (χ2n) is 5.71. The molecule has 0 aliphatic carbocycles. The second-order valence-corrected chi connectivity index (χ2v) is 5.71. The first kappa shape index (κ1) is 18.3. The fraction of sp³-hybridized carbons (Fsp3) is 0.882. The fourth-order valence-electron chi connectivity index (χ4n) is 2.48. The lowest BCUT2D eigenvalue weighted by atomic mass is 9.94. The number of unbranched alkanes of at least 4 members (excludes halogenated alkanes) is 4. The van der Waals surface area contributed by atoms with Crippen molar-refractivity contribution in [3.63, 3.8) is 0 Å². The molecule has 0 radical (unpaired) electrons. The molecule has 0 bridgehead atoms. The summed E-state index contributed by atoms with van der Waals surface area (Å²) in [6.07, 6.45) is 14.5. The van der Waals surface area contributed by atoms with Gasteiger partial charge in [0.05, 0.1) is 0 Å². The molecule has 2 nitrogen and oxygen atoms in total. The highest BCUT2D eigenvalue weighted by Crippen LogP contribution is 2.18. The standard InChI is InChI=1S/C17H32O2/c1-3-5-10-16(14-18)12-8-7-9-13-17(15-19)11-6-4-2/h14-17H,3-13H2,1-2H3. The predicted octanol–water partition coefficient (Wildman–Crippen LogP) is 4.95. The lowest BCUT2D eigenvalue weighted by Gasteiger charge is -2.11. The molecule has 0 aromatic heterocycles. The average Bonchev–Trinajstić information content (AvgIpc) is 2.45. The van der Waals surface area contributed by atoms with Gasteiger partial charge in [-0.25, -0.2) is 0 Å². The number of rotatable bonds is 14. The summed E-state index contributed by atoms with van der Waals surface area (Å²) in [6.45, 7) is 4.33. The van der Waals surface area contributed by atoms with Crippen LogP contribution in [0.3, 0.4) is 0 Å². The lowest BCUT2D eigenvalue weighted by Crippen LogP contribution is -2.03. The molecule has 0 heterocycles. The highest BCUT2D eigenvalue weighted by atomic mass is 16.1. The Balaban J connectivity index is 3.55.